The Morgan fingerprint density at radius 2 is 2.13 bits per heavy atom. The SMILES string of the molecule is COc1nc(Nc2cnn(C[C@H]3CCNC3)c2)ncc1C(=O)Nc1c(Cl)cccc1Cl. The molecule has 1 amide bonds. The van der Waals surface area contributed by atoms with Gasteiger partial charge in [0, 0.05) is 18.9 Å². The zero-order valence-corrected chi connectivity index (χ0v) is 18.2. The van der Waals surface area contributed by atoms with Gasteiger partial charge in [-0.15, -0.1) is 0 Å². The van der Waals surface area contributed by atoms with Gasteiger partial charge in [-0.05, 0) is 37.6 Å². The van der Waals surface area contributed by atoms with Crippen molar-refractivity contribution in [2.24, 2.45) is 5.92 Å². The lowest BCUT2D eigenvalue weighted by atomic mass is 10.1. The number of hydrogen-bond acceptors (Lipinski definition) is 7. The lowest BCUT2D eigenvalue weighted by Crippen LogP contribution is -2.15. The van der Waals surface area contributed by atoms with Crippen LogP contribution in [0.5, 0.6) is 5.88 Å². The molecule has 9 nitrogen and oxygen atoms in total. The van der Waals surface area contributed by atoms with Crippen molar-refractivity contribution in [1.29, 1.82) is 0 Å². The number of para-hydroxylation sites is 1. The zero-order chi connectivity index (χ0) is 21.8. The molecule has 162 valence electrons. The van der Waals surface area contributed by atoms with Crippen molar-refractivity contribution >= 4 is 46.4 Å². The van der Waals surface area contributed by atoms with Crippen LogP contribution in [0, 0.1) is 5.92 Å². The van der Waals surface area contributed by atoms with Crippen molar-refractivity contribution in [2.75, 3.05) is 30.8 Å². The maximum Gasteiger partial charge on any atom is 0.262 e. The minimum absolute atomic E-state index is 0.114. The number of ether oxygens (including phenoxy) is 1. The molecule has 0 saturated carbocycles. The number of halogens is 2. The molecule has 1 atom stereocenters. The number of carbonyl (C=O) groups is 1. The van der Waals surface area contributed by atoms with Crippen LogP contribution in [0.4, 0.5) is 17.3 Å². The van der Waals surface area contributed by atoms with Crippen molar-refractivity contribution in [3.63, 3.8) is 0 Å². The number of methoxy groups -OCH3 is 1. The van der Waals surface area contributed by atoms with Crippen LogP contribution in [0.1, 0.15) is 16.8 Å². The van der Waals surface area contributed by atoms with Gasteiger partial charge in [-0.1, -0.05) is 29.3 Å². The third kappa shape index (κ3) is 5.07. The Morgan fingerprint density at radius 1 is 1.32 bits per heavy atom. The summed E-state index contributed by atoms with van der Waals surface area (Å²) < 4.78 is 7.19. The highest BCUT2D eigenvalue weighted by Gasteiger charge is 2.19. The molecule has 1 aliphatic rings. The molecule has 3 aromatic rings. The van der Waals surface area contributed by atoms with E-state index in [1.165, 1.54) is 13.3 Å². The Bertz CT molecular complexity index is 1060. The molecule has 0 radical (unpaired) electrons. The van der Waals surface area contributed by atoms with Crippen molar-refractivity contribution in [3.8, 4) is 5.88 Å². The van der Waals surface area contributed by atoms with Gasteiger partial charge in [-0.2, -0.15) is 10.1 Å². The normalized spacial score (nSPS) is 15.6. The van der Waals surface area contributed by atoms with E-state index in [1.54, 1.807) is 24.4 Å². The molecule has 3 N–H and O–H groups in total. The molecule has 1 aliphatic heterocycles. The van der Waals surface area contributed by atoms with Gasteiger partial charge in [-0.3, -0.25) is 9.48 Å². The molecule has 11 heteroatoms. The Morgan fingerprint density at radius 3 is 2.84 bits per heavy atom. The van der Waals surface area contributed by atoms with E-state index in [2.05, 4.69) is 31.0 Å². The van der Waals surface area contributed by atoms with Gasteiger partial charge in [0.25, 0.3) is 5.91 Å². The van der Waals surface area contributed by atoms with Gasteiger partial charge < -0.3 is 20.7 Å². The number of hydrogen-bond donors (Lipinski definition) is 3. The minimum Gasteiger partial charge on any atom is -0.480 e. The van der Waals surface area contributed by atoms with Gasteiger partial charge in [0.2, 0.25) is 11.8 Å². The number of benzene rings is 1. The molecule has 1 fully saturated rings. The van der Waals surface area contributed by atoms with Gasteiger partial charge in [0.15, 0.2) is 0 Å². The van der Waals surface area contributed by atoms with Gasteiger partial charge in [-0.25, -0.2) is 4.98 Å². The highest BCUT2D eigenvalue weighted by atomic mass is 35.5. The van der Waals surface area contributed by atoms with E-state index >= 15 is 0 Å². The zero-order valence-electron chi connectivity index (χ0n) is 16.7. The first kappa shape index (κ1) is 21.4. The summed E-state index contributed by atoms with van der Waals surface area (Å²) in [6.07, 6.45) is 6.13. The highest BCUT2D eigenvalue weighted by Crippen LogP contribution is 2.31. The topological polar surface area (TPSA) is 106 Å². The summed E-state index contributed by atoms with van der Waals surface area (Å²) in [5, 5.41) is 14.1. The van der Waals surface area contributed by atoms with Crippen molar-refractivity contribution < 1.29 is 9.53 Å². The predicted octanol–water partition coefficient (Wildman–Crippen LogP) is 3.59. The molecular formula is C20H21Cl2N7O2. The van der Waals surface area contributed by atoms with Crippen LogP contribution in [-0.2, 0) is 6.54 Å². The summed E-state index contributed by atoms with van der Waals surface area (Å²) in [5.41, 5.74) is 1.20. The van der Waals surface area contributed by atoms with E-state index in [0.717, 1.165) is 31.7 Å². The molecule has 0 spiro atoms. The molecule has 3 heterocycles. The molecule has 31 heavy (non-hydrogen) atoms. The molecular weight excluding hydrogens is 441 g/mol. The number of amides is 1. The largest absolute Gasteiger partial charge is 0.480 e. The smallest absolute Gasteiger partial charge is 0.262 e. The lowest BCUT2D eigenvalue weighted by Gasteiger charge is -2.12. The molecule has 0 unspecified atom stereocenters. The monoisotopic (exact) mass is 461 g/mol. The number of rotatable bonds is 7. The predicted molar refractivity (Wildman–Crippen MR) is 119 cm³/mol. The standard InChI is InChI=1S/C20H21Cl2N7O2/c1-31-19-14(18(30)27-17-15(21)3-2-4-16(17)22)9-24-20(28-19)26-13-8-25-29(11-13)10-12-5-6-23-7-12/h2-4,8-9,11-12,23H,5-7,10H2,1H3,(H,27,30)(H,24,26,28)/t12-/m0/s1. The van der Waals surface area contributed by atoms with E-state index < -0.39 is 5.91 Å². The van der Waals surface area contributed by atoms with Crippen LogP contribution >= 0.6 is 23.2 Å². The first-order valence-corrected chi connectivity index (χ1v) is 10.5. The summed E-state index contributed by atoms with van der Waals surface area (Å²) in [5.74, 6) is 0.485. The number of carbonyl (C=O) groups excluding carboxylic acids is 1. The Labute approximate surface area is 189 Å². The van der Waals surface area contributed by atoms with Crippen LogP contribution in [0.2, 0.25) is 10.0 Å². The molecule has 1 saturated heterocycles. The Hall–Kier alpha value is -2.88. The van der Waals surface area contributed by atoms with Crippen LogP contribution < -0.4 is 20.7 Å². The van der Waals surface area contributed by atoms with E-state index in [-0.39, 0.29) is 17.4 Å². The third-order valence-electron chi connectivity index (χ3n) is 4.89. The molecule has 1 aromatic carbocycles. The summed E-state index contributed by atoms with van der Waals surface area (Å²) in [4.78, 5) is 21.2. The summed E-state index contributed by atoms with van der Waals surface area (Å²) in [7, 11) is 1.43. The molecule has 2 aromatic heterocycles. The van der Waals surface area contributed by atoms with E-state index in [1.807, 2.05) is 10.9 Å². The number of anilines is 3. The minimum atomic E-state index is -0.489. The second kappa shape index (κ2) is 9.51. The van der Waals surface area contributed by atoms with Crippen molar-refractivity contribution in [1.82, 2.24) is 25.1 Å². The number of nitrogens with zero attached hydrogens (tertiary/aromatic N) is 4. The highest BCUT2D eigenvalue weighted by molar-refractivity contribution is 6.40. The third-order valence-corrected chi connectivity index (χ3v) is 5.52. The number of aromatic nitrogens is 4. The molecule has 0 aliphatic carbocycles. The fraction of sp³-hybridized carbons (Fsp3) is 0.300. The van der Waals surface area contributed by atoms with E-state index in [0.29, 0.717) is 21.7 Å². The van der Waals surface area contributed by atoms with E-state index in [9.17, 15) is 4.79 Å². The fourth-order valence-electron chi connectivity index (χ4n) is 3.33. The Balaban J connectivity index is 1.46. The first-order chi connectivity index (χ1) is 15.0. The van der Waals surface area contributed by atoms with E-state index in [4.69, 9.17) is 27.9 Å². The Kier molecular flexibility index (Phi) is 6.55. The average molecular weight is 462 g/mol. The quantitative estimate of drug-likeness (QED) is 0.493. The van der Waals surface area contributed by atoms with Crippen LogP contribution in [0.25, 0.3) is 0 Å². The van der Waals surface area contributed by atoms with Crippen LogP contribution in [0.15, 0.2) is 36.8 Å². The molecule has 0 bridgehead atoms. The van der Waals surface area contributed by atoms with Gasteiger partial charge in [0.1, 0.15) is 5.56 Å². The maximum absolute atomic E-state index is 12.7. The lowest BCUT2D eigenvalue weighted by molar-refractivity contribution is 0.102. The summed E-state index contributed by atoms with van der Waals surface area (Å²) >= 11 is 12.2. The van der Waals surface area contributed by atoms with Gasteiger partial charge in [0.05, 0.1) is 34.7 Å². The fourth-order valence-corrected chi connectivity index (χ4v) is 3.82. The van der Waals surface area contributed by atoms with Crippen molar-refractivity contribution in [3.05, 3.63) is 52.4 Å². The van der Waals surface area contributed by atoms with Crippen LogP contribution in [-0.4, -0.2) is 45.9 Å². The second-order valence-corrected chi connectivity index (χ2v) is 7.92. The number of nitrogens with one attached hydrogen (secondary N) is 3. The van der Waals surface area contributed by atoms with Crippen LogP contribution in [0.3, 0.4) is 0 Å². The average Bonchev–Trinajstić information content (AvgIpc) is 3.43. The maximum atomic E-state index is 12.7. The van der Waals surface area contributed by atoms with Gasteiger partial charge >= 0.3 is 0 Å². The summed E-state index contributed by atoms with van der Waals surface area (Å²) in [6, 6.07) is 4.96. The molecule has 4 rings (SSSR count). The van der Waals surface area contributed by atoms with Crippen molar-refractivity contribution in [2.45, 2.75) is 13.0 Å². The first-order valence-electron chi connectivity index (χ1n) is 9.70. The second-order valence-electron chi connectivity index (χ2n) is 7.10. The summed E-state index contributed by atoms with van der Waals surface area (Å²) in [6.45, 7) is 2.90.